The number of amides is 1. The van der Waals surface area contributed by atoms with Crippen molar-refractivity contribution in [2.24, 2.45) is 11.3 Å². The minimum Gasteiger partial charge on any atom is -0.495 e. The Hall–Kier alpha value is -4.16. The number of aromatic nitrogens is 6. The fraction of sp³-hybridized carbons (Fsp3) is 0.360. The minimum atomic E-state index is -1.19. The normalized spacial score (nSPS) is 26.1. The molecular formula is C25H26N8O4. The lowest BCUT2D eigenvalue weighted by molar-refractivity contribution is -0.132. The van der Waals surface area contributed by atoms with Crippen molar-refractivity contribution in [2.45, 2.75) is 31.2 Å². The van der Waals surface area contributed by atoms with Crippen LogP contribution in [0.5, 0.6) is 5.75 Å². The van der Waals surface area contributed by atoms with E-state index >= 15 is 0 Å². The Bertz CT molecular complexity index is 1480. The summed E-state index contributed by atoms with van der Waals surface area (Å²) in [7, 11) is 3.09. The van der Waals surface area contributed by atoms with Crippen LogP contribution in [0.25, 0.3) is 22.6 Å². The molecule has 190 valence electrons. The van der Waals surface area contributed by atoms with Crippen molar-refractivity contribution in [1.82, 2.24) is 34.8 Å². The van der Waals surface area contributed by atoms with E-state index in [2.05, 4.69) is 25.6 Å². The van der Waals surface area contributed by atoms with E-state index in [1.807, 2.05) is 18.2 Å². The van der Waals surface area contributed by atoms with E-state index in [1.165, 1.54) is 7.05 Å². The quantitative estimate of drug-likeness (QED) is 0.286. The first-order chi connectivity index (χ1) is 18.0. The molecule has 2 aliphatic rings. The number of ether oxygens (including phenoxy) is 1. The van der Waals surface area contributed by atoms with Gasteiger partial charge in [-0.3, -0.25) is 14.8 Å². The number of rotatable bonds is 7. The van der Waals surface area contributed by atoms with Gasteiger partial charge >= 0.3 is 0 Å². The van der Waals surface area contributed by atoms with Crippen molar-refractivity contribution in [1.29, 1.82) is 0 Å². The predicted octanol–water partition coefficient (Wildman–Crippen LogP) is 0.933. The van der Waals surface area contributed by atoms with E-state index < -0.39 is 23.7 Å². The number of hydrogen-bond acceptors (Lipinski definition) is 10. The molecular weight excluding hydrogens is 476 g/mol. The SMILES string of the molecule is CNC(=O)[C@@]12C[C@@H]1C(n1cnc3c(NCc4ccccn4)nc(-c4cncc(OC)c4)nc31)[C@H](O)[C@@H]2O. The van der Waals surface area contributed by atoms with Gasteiger partial charge < -0.3 is 30.2 Å². The van der Waals surface area contributed by atoms with Crippen LogP contribution in [0.4, 0.5) is 5.82 Å². The predicted molar refractivity (Wildman–Crippen MR) is 132 cm³/mol. The molecule has 1 unspecified atom stereocenters. The van der Waals surface area contributed by atoms with Crippen molar-refractivity contribution in [3.05, 3.63) is 54.9 Å². The van der Waals surface area contributed by atoms with Gasteiger partial charge in [0.05, 0.1) is 49.4 Å². The topological polar surface area (TPSA) is 160 Å². The molecule has 4 aromatic rings. The number of hydrogen-bond donors (Lipinski definition) is 4. The highest BCUT2D eigenvalue weighted by molar-refractivity contribution is 5.88. The molecule has 2 saturated carbocycles. The Morgan fingerprint density at radius 3 is 2.86 bits per heavy atom. The Balaban J connectivity index is 1.45. The zero-order valence-corrected chi connectivity index (χ0v) is 20.2. The summed E-state index contributed by atoms with van der Waals surface area (Å²) < 4.78 is 7.07. The van der Waals surface area contributed by atoms with Gasteiger partial charge in [0.15, 0.2) is 17.3 Å². The number of nitrogens with one attached hydrogen (secondary N) is 2. The van der Waals surface area contributed by atoms with Gasteiger partial charge in [-0.1, -0.05) is 6.07 Å². The molecule has 0 aromatic carbocycles. The molecule has 0 radical (unpaired) electrons. The van der Waals surface area contributed by atoms with Crippen molar-refractivity contribution in [3.8, 4) is 17.1 Å². The van der Waals surface area contributed by atoms with Crippen LogP contribution in [0.2, 0.25) is 0 Å². The Morgan fingerprint density at radius 1 is 1.24 bits per heavy atom. The number of anilines is 1. The van der Waals surface area contributed by atoms with Crippen LogP contribution in [-0.2, 0) is 11.3 Å². The van der Waals surface area contributed by atoms with E-state index in [0.717, 1.165) is 5.69 Å². The van der Waals surface area contributed by atoms with Crippen LogP contribution < -0.4 is 15.4 Å². The van der Waals surface area contributed by atoms with Crippen molar-refractivity contribution in [3.63, 3.8) is 0 Å². The highest BCUT2D eigenvalue weighted by atomic mass is 16.5. The third kappa shape index (κ3) is 3.59. The summed E-state index contributed by atoms with van der Waals surface area (Å²) in [6, 6.07) is 6.86. The molecule has 5 atom stereocenters. The standard InChI is InChI=1S/C25H26N8O4/c1-26-24(36)25-8-16(25)18(19(34)20(25)35)33-12-30-17-22(29-10-14-5-3-4-6-28-14)31-21(32-23(17)33)13-7-15(37-2)11-27-9-13/h3-7,9,11-12,16,18-20,34-35H,8,10H2,1-2H3,(H,26,36)(H,29,31,32)/t16-,18?,19+,20+,25+/m1/s1. The molecule has 12 nitrogen and oxygen atoms in total. The fourth-order valence-electron chi connectivity index (χ4n) is 5.50. The van der Waals surface area contributed by atoms with Gasteiger partial charge in [-0.2, -0.15) is 0 Å². The first-order valence-corrected chi connectivity index (χ1v) is 11.9. The number of imidazole rings is 1. The summed E-state index contributed by atoms with van der Waals surface area (Å²) in [5, 5.41) is 27.8. The summed E-state index contributed by atoms with van der Waals surface area (Å²) in [4.78, 5) is 35.3. The largest absolute Gasteiger partial charge is 0.495 e. The monoisotopic (exact) mass is 502 g/mol. The van der Waals surface area contributed by atoms with Crippen LogP contribution in [0.15, 0.2) is 49.2 Å². The molecule has 2 fully saturated rings. The number of aliphatic hydroxyl groups is 2. The third-order valence-electron chi connectivity index (χ3n) is 7.44. The number of pyridine rings is 2. The second kappa shape index (κ2) is 8.75. The van der Waals surface area contributed by atoms with Gasteiger partial charge in [0.2, 0.25) is 5.91 Å². The smallest absolute Gasteiger partial charge is 0.229 e. The summed E-state index contributed by atoms with van der Waals surface area (Å²) in [5.74, 6) is 0.891. The maximum atomic E-state index is 12.6. The first-order valence-electron chi connectivity index (χ1n) is 11.9. The van der Waals surface area contributed by atoms with Crippen molar-refractivity contribution in [2.75, 3.05) is 19.5 Å². The van der Waals surface area contributed by atoms with Crippen molar-refractivity contribution < 1.29 is 19.7 Å². The van der Waals surface area contributed by atoms with Crippen LogP contribution in [0.1, 0.15) is 18.2 Å². The molecule has 0 aliphatic heterocycles. The molecule has 2 aliphatic carbocycles. The fourth-order valence-corrected chi connectivity index (χ4v) is 5.50. The van der Waals surface area contributed by atoms with E-state index in [9.17, 15) is 15.0 Å². The third-order valence-corrected chi connectivity index (χ3v) is 7.44. The number of carbonyl (C=O) groups excluding carboxylic acids is 1. The second-order valence-electron chi connectivity index (χ2n) is 9.36. The first kappa shape index (κ1) is 23.3. The molecule has 37 heavy (non-hydrogen) atoms. The molecule has 4 N–H and O–H groups in total. The Kier molecular flexibility index (Phi) is 5.50. The summed E-state index contributed by atoms with van der Waals surface area (Å²) in [6.45, 7) is 0.406. The van der Waals surface area contributed by atoms with E-state index in [-0.39, 0.29) is 11.8 Å². The molecule has 6 rings (SSSR count). The van der Waals surface area contributed by atoms with Crippen LogP contribution >= 0.6 is 0 Å². The van der Waals surface area contributed by atoms with E-state index in [0.29, 0.717) is 47.1 Å². The van der Waals surface area contributed by atoms with Gasteiger partial charge in [0.1, 0.15) is 17.4 Å². The number of nitrogens with zero attached hydrogens (tertiary/aromatic N) is 6. The second-order valence-corrected chi connectivity index (χ2v) is 9.36. The van der Waals surface area contributed by atoms with E-state index in [4.69, 9.17) is 14.7 Å². The van der Waals surface area contributed by atoms with Crippen molar-refractivity contribution >= 4 is 22.9 Å². The summed E-state index contributed by atoms with van der Waals surface area (Å²) in [5.41, 5.74) is 1.40. The minimum absolute atomic E-state index is 0.253. The highest BCUT2D eigenvalue weighted by Gasteiger charge is 2.75. The van der Waals surface area contributed by atoms with Gasteiger partial charge in [-0.05, 0) is 24.6 Å². The maximum Gasteiger partial charge on any atom is 0.229 e. The van der Waals surface area contributed by atoms with Gasteiger partial charge in [0.25, 0.3) is 0 Å². The average molecular weight is 503 g/mol. The lowest BCUT2D eigenvalue weighted by Gasteiger charge is -2.23. The Labute approximate surface area is 211 Å². The number of methoxy groups -OCH3 is 1. The van der Waals surface area contributed by atoms with Gasteiger partial charge in [0, 0.05) is 30.9 Å². The molecule has 0 bridgehead atoms. The van der Waals surface area contributed by atoms with Crippen LogP contribution in [0.3, 0.4) is 0 Å². The summed E-state index contributed by atoms with van der Waals surface area (Å²) in [6.07, 6.45) is 4.65. The maximum absolute atomic E-state index is 12.6. The number of carbonyl (C=O) groups is 1. The molecule has 0 saturated heterocycles. The lowest BCUT2D eigenvalue weighted by atomic mass is 9.98. The summed E-state index contributed by atoms with van der Waals surface area (Å²) >= 11 is 0. The molecule has 0 spiro atoms. The molecule has 4 aromatic heterocycles. The van der Waals surface area contributed by atoms with Gasteiger partial charge in [-0.25, -0.2) is 15.0 Å². The highest BCUT2D eigenvalue weighted by Crippen LogP contribution is 2.67. The zero-order valence-electron chi connectivity index (χ0n) is 20.2. The number of aliphatic hydroxyl groups excluding tert-OH is 2. The molecule has 12 heteroatoms. The van der Waals surface area contributed by atoms with Gasteiger partial charge in [-0.15, -0.1) is 0 Å². The number of fused-ring (bicyclic) bond motifs is 2. The average Bonchev–Trinajstić information content (AvgIpc) is 3.48. The zero-order chi connectivity index (χ0) is 25.7. The molecule has 1 amide bonds. The molecule has 4 heterocycles. The van der Waals surface area contributed by atoms with Crippen LogP contribution in [-0.4, -0.2) is 72.0 Å². The van der Waals surface area contributed by atoms with Crippen LogP contribution in [0, 0.1) is 11.3 Å². The lowest BCUT2D eigenvalue weighted by Crippen LogP contribution is -2.41. The Morgan fingerprint density at radius 2 is 2.11 bits per heavy atom. The van der Waals surface area contributed by atoms with E-state index in [1.54, 1.807) is 42.7 Å².